The average molecular weight is 178 g/mol. The Labute approximate surface area is 75.2 Å². The van der Waals surface area contributed by atoms with Gasteiger partial charge in [0.05, 0.1) is 5.69 Å². The molecule has 0 atom stereocenters. The summed E-state index contributed by atoms with van der Waals surface area (Å²) in [5, 5.41) is 0.459. The highest BCUT2D eigenvalue weighted by Crippen LogP contribution is 2.22. The van der Waals surface area contributed by atoms with Crippen LogP contribution in [-0.2, 0) is 0 Å². The highest BCUT2D eigenvalue weighted by atomic mass is 35.5. The molecule has 0 saturated carbocycles. The molecule has 2 rings (SSSR count). The first kappa shape index (κ1) is 7.37. The molecule has 0 spiro atoms. The molecule has 2 nitrogen and oxygen atoms in total. The van der Waals surface area contributed by atoms with E-state index in [-0.39, 0.29) is 0 Å². The number of nitrogens with zero attached hydrogens (tertiary/aromatic N) is 1. The normalized spacial score (nSPS) is 10.1. The van der Waals surface area contributed by atoms with Crippen LogP contribution in [0.3, 0.4) is 0 Å². The van der Waals surface area contributed by atoms with Crippen LogP contribution in [-0.4, -0.2) is 9.97 Å². The molecule has 0 amide bonds. The van der Waals surface area contributed by atoms with Crippen molar-refractivity contribution < 1.29 is 0 Å². The van der Waals surface area contributed by atoms with Gasteiger partial charge in [0.25, 0.3) is 0 Å². The molecule has 12 heavy (non-hydrogen) atoms. The Hall–Kier alpha value is -1.28. The van der Waals surface area contributed by atoms with Crippen LogP contribution < -0.4 is 0 Å². The number of hydrogen-bond donors (Lipinski definition) is 1. The summed E-state index contributed by atoms with van der Waals surface area (Å²) in [6.45, 7) is 0. The first-order valence-corrected chi connectivity index (χ1v) is 3.92. The number of imidazole rings is 1. The van der Waals surface area contributed by atoms with Crippen molar-refractivity contribution in [2.45, 2.75) is 0 Å². The van der Waals surface area contributed by atoms with Crippen LogP contribution in [0.4, 0.5) is 0 Å². The van der Waals surface area contributed by atoms with E-state index in [9.17, 15) is 0 Å². The highest BCUT2D eigenvalue weighted by Gasteiger charge is 2.03. The number of aromatic nitrogens is 2. The number of H-pyrrole nitrogens is 1. The van der Waals surface area contributed by atoms with E-state index in [2.05, 4.69) is 16.3 Å². The average Bonchev–Trinajstić information content (AvgIpc) is 2.53. The quantitative estimate of drug-likeness (QED) is 0.713. The molecule has 2 aromatic rings. The first-order valence-electron chi connectivity index (χ1n) is 3.55. The van der Waals surface area contributed by atoms with E-state index < -0.39 is 0 Å². The molecular weight excluding hydrogens is 172 g/mol. The third-order valence-electron chi connectivity index (χ3n) is 1.60. The predicted octanol–water partition coefficient (Wildman–Crippen LogP) is 2.53. The van der Waals surface area contributed by atoms with Crippen LogP contribution in [0.15, 0.2) is 30.3 Å². The van der Waals surface area contributed by atoms with Gasteiger partial charge in [-0.15, -0.1) is 0 Å². The second-order valence-corrected chi connectivity index (χ2v) is 2.74. The minimum absolute atomic E-state index is 0.459. The molecular formula is C9H6ClN2. The second-order valence-electron chi connectivity index (χ2n) is 2.38. The molecule has 3 heteroatoms. The lowest BCUT2D eigenvalue weighted by molar-refractivity contribution is 1.29. The summed E-state index contributed by atoms with van der Waals surface area (Å²) in [6.07, 6.45) is 2.59. The fourth-order valence-electron chi connectivity index (χ4n) is 1.04. The number of aromatic amines is 1. The number of hydrogen-bond acceptors (Lipinski definition) is 1. The number of nitrogens with one attached hydrogen (secondary N) is 1. The maximum absolute atomic E-state index is 5.80. The SMILES string of the molecule is Clc1n[c][nH]c1-c1ccccc1. The molecule has 0 saturated heterocycles. The van der Waals surface area contributed by atoms with Crippen molar-refractivity contribution in [1.82, 2.24) is 9.97 Å². The zero-order valence-corrected chi connectivity index (χ0v) is 6.97. The highest BCUT2D eigenvalue weighted by molar-refractivity contribution is 6.31. The Morgan fingerprint density at radius 1 is 1.25 bits per heavy atom. The van der Waals surface area contributed by atoms with Crippen molar-refractivity contribution in [3.8, 4) is 11.3 Å². The van der Waals surface area contributed by atoms with Gasteiger partial charge >= 0.3 is 0 Å². The second kappa shape index (κ2) is 2.99. The van der Waals surface area contributed by atoms with Gasteiger partial charge in [0.15, 0.2) is 11.5 Å². The number of rotatable bonds is 1. The Bertz CT molecular complexity index is 367. The third-order valence-corrected chi connectivity index (χ3v) is 1.88. The van der Waals surface area contributed by atoms with Gasteiger partial charge in [0, 0.05) is 5.56 Å². The van der Waals surface area contributed by atoms with Crippen molar-refractivity contribution in [3.63, 3.8) is 0 Å². The fourth-order valence-corrected chi connectivity index (χ4v) is 1.24. The minimum atomic E-state index is 0.459. The lowest BCUT2D eigenvalue weighted by Crippen LogP contribution is -1.76. The largest absolute Gasteiger partial charge is 0.334 e. The molecule has 0 unspecified atom stereocenters. The smallest absolute Gasteiger partial charge is 0.175 e. The molecule has 0 bridgehead atoms. The van der Waals surface area contributed by atoms with Crippen LogP contribution in [0.5, 0.6) is 0 Å². The zero-order chi connectivity index (χ0) is 8.39. The van der Waals surface area contributed by atoms with Crippen molar-refractivity contribution in [2.75, 3.05) is 0 Å². The summed E-state index contributed by atoms with van der Waals surface area (Å²) in [5.41, 5.74) is 1.84. The van der Waals surface area contributed by atoms with Crippen LogP contribution in [0.25, 0.3) is 11.3 Å². The lowest BCUT2D eigenvalue weighted by atomic mass is 10.2. The van der Waals surface area contributed by atoms with E-state index in [1.165, 1.54) is 0 Å². The predicted molar refractivity (Wildman–Crippen MR) is 47.9 cm³/mol. The van der Waals surface area contributed by atoms with Crippen LogP contribution in [0.2, 0.25) is 5.15 Å². The molecule has 0 aliphatic heterocycles. The fraction of sp³-hybridized carbons (Fsp3) is 0. The van der Waals surface area contributed by atoms with E-state index in [0.717, 1.165) is 11.3 Å². The Balaban J connectivity index is 2.51. The molecule has 1 aromatic heterocycles. The van der Waals surface area contributed by atoms with Crippen LogP contribution in [0.1, 0.15) is 0 Å². The summed E-state index contributed by atoms with van der Waals surface area (Å²) in [4.78, 5) is 6.63. The van der Waals surface area contributed by atoms with E-state index in [0.29, 0.717) is 5.15 Å². The maximum atomic E-state index is 5.80. The Morgan fingerprint density at radius 2 is 2.00 bits per heavy atom. The zero-order valence-electron chi connectivity index (χ0n) is 6.21. The molecule has 0 fully saturated rings. The standard InChI is InChI=1S/C9H6ClN2/c10-9-8(11-6-12-9)7-4-2-1-3-5-7/h1-5H,(H,11,12). The summed E-state index contributed by atoms with van der Waals surface area (Å²) >= 11 is 5.80. The van der Waals surface area contributed by atoms with Gasteiger partial charge in [-0.2, -0.15) is 0 Å². The van der Waals surface area contributed by atoms with Gasteiger partial charge in [0.1, 0.15) is 0 Å². The lowest BCUT2D eigenvalue weighted by Gasteiger charge is -1.95. The van der Waals surface area contributed by atoms with Crippen molar-refractivity contribution >= 4 is 11.6 Å². The van der Waals surface area contributed by atoms with Crippen molar-refractivity contribution in [2.24, 2.45) is 0 Å². The van der Waals surface area contributed by atoms with E-state index in [1.54, 1.807) is 0 Å². The maximum Gasteiger partial charge on any atom is 0.175 e. The number of benzene rings is 1. The monoisotopic (exact) mass is 177 g/mol. The number of halogens is 1. The van der Waals surface area contributed by atoms with Gasteiger partial charge in [-0.05, 0) is 0 Å². The summed E-state index contributed by atoms with van der Waals surface area (Å²) in [5.74, 6) is 0. The van der Waals surface area contributed by atoms with E-state index in [1.807, 2.05) is 30.3 Å². The Kier molecular flexibility index (Phi) is 1.84. The summed E-state index contributed by atoms with van der Waals surface area (Å²) < 4.78 is 0. The minimum Gasteiger partial charge on any atom is -0.334 e. The molecule has 59 valence electrons. The Morgan fingerprint density at radius 3 is 2.58 bits per heavy atom. The van der Waals surface area contributed by atoms with Gasteiger partial charge in [0.2, 0.25) is 0 Å². The van der Waals surface area contributed by atoms with Gasteiger partial charge in [-0.25, -0.2) is 4.98 Å². The van der Waals surface area contributed by atoms with Gasteiger partial charge < -0.3 is 4.98 Å². The van der Waals surface area contributed by atoms with Gasteiger partial charge in [-0.3, -0.25) is 0 Å². The van der Waals surface area contributed by atoms with E-state index >= 15 is 0 Å². The van der Waals surface area contributed by atoms with Crippen molar-refractivity contribution in [3.05, 3.63) is 41.8 Å². The third kappa shape index (κ3) is 1.21. The summed E-state index contributed by atoms with van der Waals surface area (Å²) in [7, 11) is 0. The van der Waals surface area contributed by atoms with Crippen LogP contribution >= 0.6 is 11.6 Å². The molecule has 1 heterocycles. The van der Waals surface area contributed by atoms with Crippen molar-refractivity contribution in [1.29, 1.82) is 0 Å². The topological polar surface area (TPSA) is 28.7 Å². The molecule has 1 aromatic carbocycles. The first-order chi connectivity index (χ1) is 5.88. The molecule has 1 N–H and O–H groups in total. The molecule has 0 aliphatic carbocycles. The van der Waals surface area contributed by atoms with Gasteiger partial charge in [-0.1, -0.05) is 41.9 Å². The molecule has 1 radical (unpaired) electrons. The van der Waals surface area contributed by atoms with E-state index in [4.69, 9.17) is 11.6 Å². The van der Waals surface area contributed by atoms with Crippen LogP contribution in [0, 0.1) is 6.33 Å². The molecule has 0 aliphatic rings. The summed E-state index contributed by atoms with van der Waals surface area (Å²) in [6, 6.07) is 9.79.